The van der Waals surface area contributed by atoms with Crippen molar-refractivity contribution in [1.29, 1.82) is 0 Å². The Bertz CT molecular complexity index is 730. The Hall–Kier alpha value is -2.69. The molecular formula is C17H16N2O3. The van der Waals surface area contributed by atoms with Gasteiger partial charge in [-0.05, 0) is 12.5 Å². The summed E-state index contributed by atoms with van der Waals surface area (Å²) in [7, 11) is 0. The lowest BCUT2D eigenvalue weighted by atomic mass is 10.0. The second-order valence-corrected chi connectivity index (χ2v) is 5.29. The number of carbonyl (C=O) groups excluding carboxylic acids is 1. The van der Waals surface area contributed by atoms with E-state index >= 15 is 0 Å². The molecular weight excluding hydrogens is 280 g/mol. The summed E-state index contributed by atoms with van der Waals surface area (Å²) in [6.45, 7) is 2.80. The van der Waals surface area contributed by atoms with E-state index in [-0.39, 0.29) is 18.7 Å². The predicted molar refractivity (Wildman–Crippen MR) is 83.4 cm³/mol. The van der Waals surface area contributed by atoms with Crippen molar-refractivity contribution < 1.29 is 14.3 Å². The van der Waals surface area contributed by atoms with Gasteiger partial charge >= 0.3 is 0 Å². The van der Waals surface area contributed by atoms with E-state index in [2.05, 4.69) is 5.32 Å². The molecule has 0 saturated carbocycles. The highest BCUT2D eigenvalue weighted by Gasteiger charge is 2.34. The van der Waals surface area contributed by atoms with Gasteiger partial charge in [0.2, 0.25) is 6.79 Å². The molecule has 0 radical (unpaired) electrons. The summed E-state index contributed by atoms with van der Waals surface area (Å²) in [6, 6.07) is 13.1. The summed E-state index contributed by atoms with van der Waals surface area (Å²) >= 11 is 0. The molecule has 4 rings (SSSR count). The molecule has 0 saturated heterocycles. The van der Waals surface area contributed by atoms with Gasteiger partial charge in [0.05, 0.1) is 11.4 Å². The van der Waals surface area contributed by atoms with Crippen LogP contribution in [-0.4, -0.2) is 19.2 Å². The first kappa shape index (κ1) is 13.0. The SMILES string of the molecule is CCN1C(=O)C(c2ccccc2)Nc2cc3c(cc21)OCO3. The van der Waals surface area contributed by atoms with E-state index in [4.69, 9.17) is 9.47 Å². The van der Waals surface area contributed by atoms with Gasteiger partial charge in [0.1, 0.15) is 6.04 Å². The van der Waals surface area contributed by atoms with Crippen molar-refractivity contribution in [3.05, 3.63) is 48.0 Å². The zero-order chi connectivity index (χ0) is 15.1. The van der Waals surface area contributed by atoms with Crippen LogP contribution < -0.4 is 19.7 Å². The molecule has 2 aliphatic rings. The van der Waals surface area contributed by atoms with Crippen molar-refractivity contribution in [1.82, 2.24) is 0 Å². The Morgan fingerprint density at radius 3 is 2.64 bits per heavy atom. The van der Waals surface area contributed by atoms with Crippen LogP contribution in [0.25, 0.3) is 0 Å². The molecule has 0 bridgehead atoms. The average molecular weight is 296 g/mol. The van der Waals surface area contributed by atoms with E-state index in [0.29, 0.717) is 18.0 Å². The number of hydrogen-bond donors (Lipinski definition) is 1. The lowest BCUT2D eigenvalue weighted by Gasteiger charge is -2.35. The van der Waals surface area contributed by atoms with Gasteiger partial charge in [-0.15, -0.1) is 0 Å². The molecule has 0 aliphatic carbocycles. The van der Waals surface area contributed by atoms with Gasteiger partial charge in [0.15, 0.2) is 11.5 Å². The minimum absolute atomic E-state index is 0.0417. The highest BCUT2D eigenvalue weighted by Crippen LogP contribution is 2.45. The summed E-state index contributed by atoms with van der Waals surface area (Å²) < 4.78 is 10.9. The molecule has 0 spiro atoms. The molecule has 2 aliphatic heterocycles. The third-order valence-electron chi connectivity index (χ3n) is 4.04. The molecule has 5 heteroatoms. The fraction of sp³-hybridized carbons (Fsp3) is 0.235. The van der Waals surface area contributed by atoms with E-state index < -0.39 is 0 Å². The maximum absolute atomic E-state index is 12.8. The van der Waals surface area contributed by atoms with Crippen LogP contribution >= 0.6 is 0 Å². The molecule has 112 valence electrons. The number of benzene rings is 2. The fourth-order valence-corrected chi connectivity index (χ4v) is 2.96. The molecule has 1 atom stereocenters. The number of hydrogen-bond acceptors (Lipinski definition) is 4. The molecule has 2 aromatic rings. The molecule has 2 heterocycles. The zero-order valence-corrected chi connectivity index (χ0v) is 12.2. The first-order chi connectivity index (χ1) is 10.8. The third kappa shape index (κ3) is 1.89. The van der Waals surface area contributed by atoms with E-state index in [1.54, 1.807) is 4.90 Å². The molecule has 2 aromatic carbocycles. The Morgan fingerprint density at radius 2 is 1.91 bits per heavy atom. The second kappa shape index (κ2) is 4.94. The van der Waals surface area contributed by atoms with Gasteiger partial charge in [0, 0.05) is 18.7 Å². The lowest BCUT2D eigenvalue weighted by Crippen LogP contribution is -2.42. The molecule has 5 nitrogen and oxygen atoms in total. The van der Waals surface area contributed by atoms with Crippen molar-refractivity contribution in [2.75, 3.05) is 23.6 Å². The molecule has 1 unspecified atom stereocenters. The number of nitrogens with one attached hydrogen (secondary N) is 1. The maximum Gasteiger partial charge on any atom is 0.254 e. The number of likely N-dealkylation sites (N-methyl/N-ethyl adjacent to an activating group) is 1. The van der Waals surface area contributed by atoms with Crippen molar-refractivity contribution in [2.24, 2.45) is 0 Å². The number of anilines is 2. The van der Waals surface area contributed by atoms with E-state index in [0.717, 1.165) is 16.9 Å². The number of carbonyl (C=O) groups is 1. The van der Waals surface area contributed by atoms with Crippen LogP contribution in [0.2, 0.25) is 0 Å². The molecule has 0 aromatic heterocycles. The molecule has 1 amide bonds. The van der Waals surface area contributed by atoms with Crippen LogP contribution in [0.5, 0.6) is 11.5 Å². The smallest absolute Gasteiger partial charge is 0.254 e. The van der Waals surface area contributed by atoms with Crippen molar-refractivity contribution >= 4 is 17.3 Å². The van der Waals surface area contributed by atoms with Gasteiger partial charge < -0.3 is 19.7 Å². The highest BCUT2D eigenvalue weighted by molar-refractivity contribution is 6.06. The largest absolute Gasteiger partial charge is 0.454 e. The van der Waals surface area contributed by atoms with Crippen LogP contribution in [-0.2, 0) is 4.79 Å². The summed E-state index contributed by atoms with van der Waals surface area (Å²) in [4.78, 5) is 14.6. The van der Waals surface area contributed by atoms with Crippen molar-refractivity contribution in [3.63, 3.8) is 0 Å². The lowest BCUT2D eigenvalue weighted by molar-refractivity contribution is -0.119. The van der Waals surface area contributed by atoms with Crippen molar-refractivity contribution in [2.45, 2.75) is 13.0 Å². The third-order valence-corrected chi connectivity index (χ3v) is 4.04. The standard InChI is InChI=1S/C17H16N2O3/c1-2-19-13-9-15-14(21-10-22-15)8-12(13)18-16(17(19)20)11-6-4-3-5-7-11/h3-9,16,18H,2,10H2,1H3. The van der Waals surface area contributed by atoms with Gasteiger partial charge in [-0.3, -0.25) is 4.79 Å². The summed E-state index contributed by atoms with van der Waals surface area (Å²) in [5, 5.41) is 3.33. The Labute approximate surface area is 128 Å². The molecule has 0 fully saturated rings. The minimum atomic E-state index is -0.381. The molecule has 1 N–H and O–H groups in total. The van der Waals surface area contributed by atoms with Crippen LogP contribution in [0.15, 0.2) is 42.5 Å². The Balaban J connectivity index is 1.80. The Morgan fingerprint density at radius 1 is 1.18 bits per heavy atom. The summed E-state index contributed by atoms with van der Waals surface area (Å²) in [5.74, 6) is 1.44. The monoisotopic (exact) mass is 296 g/mol. The second-order valence-electron chi connectivity index (χ2n) is 5.29. The van der Waals surface area contributed by atoms with Gasteiger partial charge in [-0.2, -0.15) is 0 Å². The first-order valence-corrected chi connectivity index (χ1v) is 7.34. The number of rotatable bonds is 2. The van der Waals surface area contributed by atoms with Crippen LogP contribution in [0.4, 0.5) is 11.4 Å². The van der Waals surface area contributed by atoms with Crippen LogP contribution in [0.1, 0.15) is 18.5 Å². The number of fused-ring (bicyclic) bond motifs is 2. The van der Waals surface area contributed by atoms with Crippen molar-refractivity contribution in [3.8, 4) is 11.5 Å². The molecule has 22 heavy (non-hydrogen) atoms. The van der Waals surface area contributed by atoms with Crippen LogP contribution in [0.3, 0.4) is 0 Å². The topological polar surface area (TPSA) is 50.8 Å². The average Bonchev–Trinajstić information content (AvgIpc) is 3.00. The number of nitrogens with zero attached hydrogens (tertiary/aromatic N) is 1. The Kier molecular flexibility index (Phi) is 2.92. The summed E-state index contributed by atoms with van der Waals surface area (Å²) in [5.41, 5.74) is 2.68. The van der Waals surface area contributed by atoms with Crippen LogP contribution in [0, 0.1) is 0 Å². The van der Waals surface area contributed by atoms with E-state index in [1.807, 2.05) is 49.4 Å². The van der Waals surface area contributed by atoms with E-state index in [9.17, 15) is 4.79 Å². The number of ether oxygens (including phenoxy) is 2. The minimum Gasteiger partial charge on any atom is -0.454 e. The number of amides is 1. The zero-order valence-electron chi connectivity index (χ0n) is 12.2. The first-order valence-electron chi connectivity index (χ1n) is 7.34. The normalized spacial score (nSPS) is 18.9. The van der Waals surface area contributed by atoms with E-state index in [1.165, 1.54) is 0 Å². The quantitative estimate of drug-likeness (QED) is 0.925. The fourth-order valence-electron chi connectivity index (χ4n) is 2.96. The maximum atomic E-state index is 12.8. The highest BCUT2D eigenvalue weighted by atomic mass is 16.7. The van der Waals surface area contributed by atoms with Gasteiger partial charge in [0.25, 0.3) is 5.91 Å². The van der Waals surface area contributed by atoms with Gasteiger partial charge in [-0.25, -0.2) is 0 Å². The van der Waals surface area contributed by atoms with Gasteiger partial charge in [-0.1, -0.05) is 30.3 Å². The summed E-state index contributed by atoms with van der Waals surface area (Å²) in [6.07, 6.45) is 0. The predicted octanol–water partition coefficient (Wildman–Crippen LogP) is 2.94.